The Hall–Kier alpha value is -2.10. The van der Waals surface area contributed by atoms with Crippen molar-refractivity contribution >= 4 is 12.2 Å². The van der Waals surface area contributed by atoms with Gasteiger partial charge in [0.05, 0.1) is 5.69 Å². The highest BCUT2D eigenvalue weighted by molar-refractivity contribution is 5.68. The topological polar surface area (TPSA) is 12.9 Å². The molecule has 1 aromatic carbocycles. The van der Waals surface area contributed by atoms with Gasteiger partial charge in [0.1, 0.15) is 5.82 Å². The Morgan fingerprint density at radius 2 is 1.83 bits per heavy atom. The molecule has 0 unspecified atom stereocenters. The fraction of sp³-hybridized carbons (Fsp3) is 0.0714. The lowest BCUT2D eigenvalue weighted by Crippen LogP contribution is -1.91. The van der Waals surface area contributed by atoms with Crippen molar-refractivity contribution in [1.29, 1.82) is 0 Å². The van der Waals surface area contributed by atoms with Crippen LogP contribution in [0.1, 0.15) is 17.0 Å². The van der Waals surface area contributed by atoms with Crippen molar-refractivity contribution in [2.45, 2.75) is 6.92 Å². The van der Waals surface area contributed by atoms with Crippen molar-refractivity contribution in [2.24, 2.45) is 0 Å². The number of rotatable bonds is 2. The van der Waals surface area contributed by atoms with E-state index in [0.717, 1.165) is 11.8 Å². The van der Waals surface area contributed by atoms with Gasteiger partial charge in [0.25, 0.3) is 0 Å². The van der Waals surface area contributed by atoms with Crippen LogP contribution in [0.25, 0.3) is 12.2 Å². The molecular weight excluding hydrogens is 239 g/mol. The van der Waals surface area contributed by atoms with Crippen LogP contribution in [0, 0.1) is 24.4 Å². The molecule has 1 heterocycles. The summed E-state index contributed by atoms with van der Waals surface area (Å²) >= 11 is 0. The third kappa shape index (κ3) is 2.77. The molecule has 1 aromatic heterocycles. The van der Waals surface area contributed by atoms with Gasteiger partial charge >= 0.3 is 0 Å². The molecule has 2 aromatic rings. The number of aromatic nitrogens is 1. The molecule has 0 N–H and O–H groups in total. The molecule has 92 valence electrons. The zero-order chi connectivity index (χ0) is 13.1. The van der Waals surface area contributed by atoms with Crippen LogP contribution >= 0.6 is 0 Å². The van der Waals surface area contributed by atoms with Crippen molar-refractivity contribution in [2.75, 3.05) is 0 Å². The molecule has 1 nitrogen and oxygen atoms in total. The smallest absolute Gasteiger partial charge is 0.166 e. The largest absolute Gasteiger partial charge is 0.254 e. The third-order valence-electron chi connectivity index (χ3n) is 2.36. The minimum atomic E-state index is -1.20. The first-order chi connectivity index (χ1) is 8.56. The van der Waals surface area contributed by atoms with Crippen molar-refractivity contribution in [3.63, 3.8) is 0 Å². The normalized spacial score (nSPS) is 11.1. The molecule has 0 aliphatic rings. The Kier molecular flexibility index (Phi) is 3.46. The van der Waals surface area contributed by atoms with E-state index in [9.17, 15) is 13.2 Å². The van der Waals surface area contributed by atoms with E-state index >= 15 is 0 Å². The molecule has 0 spiro atoms. The number of hydrogen-bond donors (Lipinski definition) is 0. The summed E-state index contributed by atoms with van der Waals surface area (Å²) in [5, 5.41) is 0. The van der Waals surface area contributed by atoms with E-state index in [0.29, 0.717) is 11.8 Å². The molecule has 0 aliphatic heterocycles. The van der Waals surface area contributed by atoms with E-state index in [1.807, 2.05) is 13.0 Å². The first-order valence-corrected chi connectivity index (χ1v) is 5.32. The Balaban J connectivity index is 2.34. The first kappa shape index (κ1) is 12.4. The standard InChI is InChI=1S/C14H10F3N/c1-9-3-2-4-12(18-9)6-5-10-7-11(15)8-13(16)14(10)17/h2-8H,1H3. The summed E-state index contributed by atoms with van der Waals surface area (Å²) < 4.78 is 39.3. The molecule has 4 heteroatoms. The van der Waals surface area contributed by atoms with E-state index < -0.39 is 17.5 Å². The Bertz CT molecular complexity index is 606. The maximum absolute atomic E-state index is 13.4. The van der Waals surface area contributed by atoms with E-state index in [2.05, 4.69) is 4.98 Å². The molecule has 0 saturated carbocycles. The molecule has 0 fully saturated rings. The van der Waals surface area contributed by atoms with Gasteiger partial charge in [0, 0.05) is 17.3 Å². The van der Waals surface area contributed by atoms with E-state index in [-0.39, 0.29) is 5.56 Å². The Morgan fingerprint density at radius 3 is 2.56 bits per heavy atom. The quantitative estimate of drug-likeness (QED) is 0.734. The van der Waals surface area contributed by atoms with Crippen LogP contribution in [0.15, 0.2) is 30.3 Å². The van der Waals surface area contributed by atoms with Crippen LogP contribution in [-0.4, -0.2) is 4.98 Å². The minimum Gasteiger partial charge on any atom is -0.254 e. The molecule has 0 bridgehead atoms. The highest BCUT2D eigenvalue weighted by atomic mass is 19.2. The molecule has 2 rings (SSSR count). The fourth-order valence-corrected chi connectivity index (χ4v) is 1.53. The number of hydrogen-bond acceptors (Lipinski definition) is 1. The number of halogens is 3. The van der Waals surface area contributed by atoms with Crippen LogP contribution in [0.4, 0.5) is 13.2 Å². The zero-order valence-corrected chi connectivity index (χ0v) is 9.62. The Morgan fingerprint density at radius 1 is 1.06 bits per heavy atom. The van der Waals surface area contributed by atoms with E-state index in [1.54, 1.807) is 12.1 Å². The summed E-state index contributed by atoms with van der Waals surface area (Å²) in [6.07, 6.45) is 2.80. The van der Waals surface area contributed by atoms with Crippen LogP contribution in [0.2, 0.25) is 0 Å². The van der Waals surface area contributed by atoms with Gasteiger partial charge in [0.2, 0.25) is 0 Å². The number of benzene rings is 1. The van der Waals surface area contributed by atoms with Gasteiger partial charge in [-0.1, -0.05) is 6.07 Å². The maximum atomic E-state index is 13.4. The fourth-order valence-electron chi connectivity index (χ4n) is 1.53. The second kappa shape index (κ2) is 5.04. The number of nitrogens with zero attached hydrogens (tertiary/aromatic N) is 1. The van der Waals surface area contributed by atoms with Crippen molar-refractivity contribution in [1.82, 2.24) is 4.98 Å². The number of pyridine rings is 1. The highest BCUT2D eigenvalue weighted by Gasteiger charge is 2.08. The van der Waals surface area contributed by atoms with Crippen LogP contribution in [-0.2, 0) is 0 Å². The predicted octanol–water partition coefficient (Wildman–Crippen LogP) is 3.98. The summed E-state index contributed by atoms with van der Waals surface area (Å²) in [5.41, 5.74) is 1.26. The summed E-state index contributed by atoms with van der Waals surface area (Å²) in [6.45, 7) is 1.82. The van der Waals surface area contributed by atoms with Crippen molar-refractivity contribution < 1.29 is 13.2 Å². The van der Waals surface area contributed by atoms with Gasteiger partial charge in [-0.2, -0.15) is 0 Å². The maximum Gasteiger partial charge on any atom is 0.166 e. The van der Waals surface area contributed by atoms with Crippen molar-refractivity contribution in [3.05, 3.63) is 64.7 Å². The molecule has 0 aliphatic carbocycles. The molecule has 18 heavy (non-hydrogen) atoms. The van der Waals surface area contributed by atoms with Crippen LogP contribution in [0.5, 0.6) is 0 Å². The lowest BCUT2D eigenvalue weighted by molar-refractivity contribution is 0.493. The predicted molar refractivity (Wildman–Crippen MR) is 64.2 cm³/mol. The minimum absolute atomic E-state index is 0.143. The average molecular weight is 249 g/mol. The van der Waals surface area contributed by atoms with E-state index in [4.69, 9.17) is 0 Å². The summed E-state index contributed by atoms with van der Waals surface area (Å²) in [5.74, 6) is -3.09. The van der Waals surface area contributed by atoms with E-state index in [1.165, 1.54) is 12.2 Å². The highest BCUT2D eigenvalue weighted by Crippen LogP contribution is 2.16. The van der Waals surface area contributed by atoms with Gasteiger partial charge in [-0.3, -0.25) is 4.98 Å². The Labute approximate surface area is 103 Å². The second-order valence-corrected chi connectivity index (χ2v) is 3.83. The monoisotopic (exact) mass is 249 g/mol. The summed E-state index contributed by atoms with van der Waals surface area (Å²) in [6, 6.07) is 6.78. The van der Waals surface area contributed by atoms with Crippen molar-refractivity contribution in [3.8, 4) is 0 Å². The second-order valence-electron chi connectivity index (χ2n) is 3.83. The molecule has 0 radical (unpaired) electrons. The van der Waals surface area contributed by atoms with Gasteiger partial charge in [-0.25, -0.2) is 13.2 Å². The average Bonchev–Trinajstić information content (AvgIpc) is 2.32. The lowest BCUT2D eigenvalue weighted by atomic mass is 10.1. The molecule has 0 amide bonds. The van der Waals surface area contributed by atoms with Crippen LogP contribution < -0.4 is 0 Å². The molecule has 0 atom stereocenters. The van der Waals surface area contributed by atoms with Gasteiger partial charge in [0.15, 0.2) is 11.6 Å². The number of aryl methyl sites for hydroxylation is 1. The SMILES string of the molecule is Cc1cccc(C=Cc2cc(F)cc(F)c2F)n1. The summed E-state index contributed by atoms with van der Waals surface area (Å²) in [4.78, 5) is 4.17. The zero-order valence-electron chi connectivity index (χ0n) is 9.62. The van der Waals surface area contributed by atoms with Gasteiger partial charge < -0.3 is 0 Å². The lowest BCUT2D eigenvalue weighted by Gasteiger charge is -1.99. The van der Waals surface area contributed by atoms with Gasteiger partial charge in [-0.05, 0) is 37.3 Å². The van der Waals surface area contributed by atoms with Crippen LogP contribution in [0.3, 0.4) is 0 Å². The summed E-state index contributed by atoms with van der Waals surface area (Å²) in [7, 11) is 0. The molecule has 0 saturated heterocycles. The molecular formula is C14H10F3N. The first-order valence-electron chi connectivity index (χ1n) is 5.32. The third-order valence-corrected chi connectivity index (χ3v) is 2.36. The van der Waals surface area contributed by atoms with Gasteiger partial charge in [-0.15, -0.1) is 0 Å².